The van der Waals surface area contributed by atoms with E-state index < -0.39 is 11.9 Å². The molecule has 1 rings (SSSR count). The zero-order valence-corrected chi connectivity index (χ0v) is 13.0. The molecule has 0 bridgehead atoms. The predicted molar refractivity (Wildman–Crippen MR) is 83.1 cm³/mol. The molecular weight excluding hydrogens is 284 g/mol. The zero-order valence-electron chi connectivity index (χ0n) is 13.0. The molecule has 1 N–H and O–H groups in total. The van der Waals surface area contributed by atoms with Gasteiger partial charge in [0.2, 0.25) is 0 Å². The summed E-state index contributed by atoms with van der Waals surface area (Å²) in [7, 11) is 0. The molecule has 0 radical (unpaired) electrons. The van der Waals surface area contributed by atoms with E-state index in [2.05, 4.69) is 0 Å². The van der Waals surface area contributed by atoms with Gasteiger partial charge in [0.1, 0.15) is 5.75 Å². The summed E-state index contributed by atoms with van der Waals surface area (Å²) in [5, 5.41) is 9.78. The van der Waals surface area contributed by atoms with Crippen molar-refractivity contribution in [3.05, 3.63) is 47.1 Å². The minimum atomic E-state index is -0.615. The van der Waals surface area contributed by atoms with Crippen molar-refractivity contribution >= 4 is 18.0 Å². The van der Waals surface area contributed by atoms with Crippen LogP contribution < -0.4 is 0 Å². The van der Waals surface area contributed by atoms with Crippen molar-refractivity contribution in [2.75, 3.05) is 13.2 Å². The first kappa shape index (κ1) is 17.5. The molecule has 0 saturated heterocycles. The summed E-state index contributed by atoms with van der Waals surface area (Å²) in [4.78, 5) is 23.6. The Balaban J connectivity index is 3.17. The van der Waals surface area contributed by atoms with E-state index in [0.717, 1.165) is 6.08 Å². The average Bonchev–Trinajstić information content (AvgIpc) is 2.47. The molecule has 118 valence electrons. The van der Waals surface area contributed by atoms with Gasteiger partial charge in [-0.1, -0.05) is 18.2 Å². The van der Waals surface area contributed by atoms with Crippen LogP contribution in [0.4, 0.5) is 0 Å². The summed E-state index contributed by atoms with van der Waals surface area (Å²) >= 11 is 0. The van der Waals surface area contributed by atoms with E-state index in [1.165, 1.54) is 6.07 Å². The lowest BCUT2D eigenvalue weighted by Gasteiger charge is -2.08. The van der Waals surface area contributed by atoms with Gasteiger partial charge in [0.25, 0.3) is 0 Å². The molecule has 0 heterocycles. The largest absolute Gasteiger partial charge is 0.507 e. The molecule has 0 amide bonds. The van der Waals surface area contributed by atoms with Gasteiger partial charge in [0.05, 0.1) is 18.8 Å². The number of phenols is 1. The second-order valence-corrected chi connectivity index (χ2v) is 4.42. The first-order chi connectivity index (χ1) is 10.5. The Bertz CT molecular complexity index is 599. The third-order valence-corrected chi connectivity index (χ3v) is 2.78. The molecule has 0 fully saturated rings. The van der Waals surface area contributed by atoms with E-state index in [0.29, 0.717) is 11.1 Å². The molecule has 0 aliphatic heterocycles. The number of rotatable bonds is 6. The summed E-state index contributed by atoms with van der Waals surface area (Å²) < 4.78 is 9.78. The van der Waals surface area contributed by atoms with Crippen LogP contribution in [-0.4, -0.2) is 30.3 Å². The monoisotopic (exact) mass is 304 g/mol. The number of carbonyl (C=O) groups is 2. The lowest BCUT2D eigenvalue weighted by atomic mass is 10.0. The van der Waals surface area contributed by atoms with Crippen LogP contribution in [-0.2, 0) is 19.1 Å². The third-order valence-electron chi connectivity index (χ3n) is 2.78. The maximum absolute atomic E-state index is 12.0. The number of hydrogen-bond donors (Lipinski definition) is 1. The Kier molecular flexibility index (Phi) is 6.89. The minimum Gasteiger partial charge on any atom is -0.507 e. The van der Waals surface area contributed by atoms with Crippen LogP contribution in [0.15, 0.2) is 41.5 Å². The van der Waals surface area contributed by atoms with Gasteiger partial charge in [0, 0.05) is 11.6 Å². The van der Waals surface area contributed by atoms with Crippen molar-refractivity contribution in [1.82, 2.24) is 0 Å². The first-order valence-corrected chi connectivity index (χ1v) is 7.01. The van der Waals surface area contributed by atoms with Gasteiger partial charge in [-0.15, -0.1) is 0 Å². The third kappa shape index (κ3) is 5.09. The molecule has 0 aromatic heterocycles. The Morgan fingerprint density at radius 2 is 1.77 bits per heavy atom. The number of aromatic hydroxyl groups is 1. The van der Waals surface area contributed by atoms with Crippen molar-refractivity contribution < 1.29 is 24.2 Å². The van der Waals surface area contributed by atoms with Crippen molar-refractivity contribution in [3.63, 3.8) is 0 Å². The van der Waals surface area contributed by atoms with Crippen molar-refractivity contribution in [2.45, 2.75) is 20.8 Å². The normalized spacial score (nSPS) is 12.0. The highest BCUT2D eigenvalue weighted by Crippen LogP contribution is 2.22. The summed E-state index contributed by atoms with van der Waals surface area (Å²) in [5.41, 5.74) is 1.13. The Hall–Kier alpha value is -2.56. The molecular formula is C17H20O5. The summed E-state index contributed by atoms with van der Waals surface area (Å²) in [6.07, 6.45) is 2.71. The molecule has 0 aliphatic carbocycles. The van der Waals surface area contributed by atoms with Crippen molar-refractivity contribution in [3.8, 4) is 5.75 Å². The maximum Gasteiger partial charge on any atom is 0.338 e. The first-order valence-electron chi connectivity index (χ1n) is 7.01. The molecule has 0 atom stereocenters. The molecule has 1 aromatic rings. The van der Waals surface area contributed by atoms with Gasteiger partial charge in [-0.3, -0.25) is 0 Å². The molecule has 0 spiro atoms. The van der Waals surface area contributed by atoms with Crippen LogP contribution >= 0.6 is 0 Å². The quantitative estimate of drug-likeness (QED) is 0.497. The predicted octanol–water partition coefficient (Wildman–Crippen LogP) is 2.85. The number of benzene rings is 1. The average molecular weight is 304 g/mol. The number of hydrogen-bond acceptors (Lipinski definition) is 5. The number of carbonyl (C=O) groups excluding carboxylic acids is 2. The molecule has 1 aromatic carbocycles. The van der Waals surface area contributed by atoms with E-state index >= 15 is 0 Å². The number of esters is 2. The van der Waals surface area contributed by atoms with E-state index in [-0.39, 0.29) is 24.5 Å². The molecule has 5 nitrogen and oxygen atoms in total. The second kappa shape index (κ2) is 8.67. The van der Waals surface area contributed by atoms with Crippen LogP contribution in [0.3, 0.4) is 0 Å². The fourth-order valence-corrected chi connectivity index (χ4v) is 1.76. The summed E-state index contributed by atoms with van der Waals surface area (Å²) in [6.45, 7) is 5.44. The molecule has 5 heteroatoms. The van der Waals surface area contributed by atoms with Gasteiger partial charge < -0.3 is 14.6 Å². The van der Waals surface area contributed by atoms with Crippen molar-refractivity contribution in [2.24, 2.45) is 0 Å². The number of phenolic OH excluding ortho intramolecular Hbond substituents is 1. The lowest BCUT2D eigenvalue weighted by Crippen LogP contribution is -2.12. The van der Waals surface area contributed by atoms with Crippen LogP contribution in [0, 0.1) is 0 Å². The topological polar surface area (TPSA) is 72.8 Å². The summed E-state index contributed by atoms with van der Waals surface area (Å²) in [6, 6.07) is 6.70. The van der Waals surface area contributed by atoms with Crippen LogP contribution in [0.5, 0.6) is 5.75 Å². The van der Waals surface area contributed by atoms with E-state index in [9.17, 15) is 14.7 Å². The molecule has 0 unspecified atom stereocenters. The maximum atomic E-state index is 12.0. The minimum absolute atomic E-state index is 0.0844. The van der Waals surface area contributed by atoms with Crippen molar-refractivity contribution in [1.29, 1.82) is 0 Å². The molecule has 0 saturated carbocycles. The second-order valence-electron chi connectivity index (χ2n) is 4.42. The van der Waals surface area contributed by atoms with E-state index in [1.807, 2.05) is 0 Å². The van der Waals surface area contributed by atoms with Crippen LogP contribution in [0.1, 0.15) is 26.3 Å². The van der Waals surface area contributed by atoms with Gasteiger partial charge >= 0.3 is 11.9 Å². The standard InChI is InChI=1S/C17H20O5/c1-4-21-16(19)11-14(17(20)22-5-2)12(3)10-13-8-6-7-9-15(13)18/h6-11,18H,4-5H2,1-3H3/b12-10+,14-11+. The Labute approximate surface area is 129 Å². The lowest BCUT2D eigenvalue weighted by molar-refractivity contribution is -0.140. The van der Waals surface area contributed by atoms with E-state index in [1.54, 1.807) is 45.0 Å². The fourth-order valence-electron chi connectivity index (χ4n) is 1.76. The SMILES string of the molecule is CCOC(=O)/C=C(C(=O)OCC)\C(C)=C\c1ccccc1O. The Morgan fingerprint density at radius 1 is 1.14 bits per heavy atom. The summed E-state index contributed by atoms with van der Waals surface area (Å²) in [5.74, 6) is -1.14. The highest BCUT2D eigenvalue weighted by atomic mass is 16.5. The van der Waals surface area contributed by atoms with Gasteiger partial charge in [-0.05, 0) is 38.5 Å². The highest BCUT2D eigenvalue weighted by Gasteiger charge is 2.15. The highest BCUT2D eigenvalue weighted by molar-refractivity contribution is 6.01. The van der Waals surface area contributed by atoms with Gasteiger partial charge in [0.15, 0.2) is 0 Å². The molecule has 22 heavy (non-hydrogen) atoms. The van der Waals surface area contributed by atoms with Crippen LogP contribution in [0.2, 0.25) is 0 Å². The van der Waals surface area contributed by atoms with Gasteiger partial charge in [-0.2, -0.15) is 0 Å². The molecule has 0 aliphatic rings. The number of ether oxygens (including phenoxy) is 2. The zero-order chi connectivity index (χ0) is 16.5. The Morgan fingerprint density at radius 3 is 2.36 bits per heavy atom. The van der Waals surface area contributed by atoms with E-state index in [4.69, 9.17) is 9.47 Å². The van der Waals surface area contributed by atoms with Gasteiger partial charge in [-0.25, -0.2) is 9.59 Å². The smallest absolute Gasteiger partial charge is 0.338 e. The number of para-hydroxylation sites is 1. The van der Waals surface area contributed by atoms with Crippen LogP contribution in [0.25, 0.3) is 6.08 Å². The fraction of sp³-hybridized carbons (Fsp3) is 0.294.